The molecular weight excluding hydrogens is 252 g/mol. The van der Waals surface area contributed by atoms with Crippen molar-refractivity contribution in [2.24, 2.45) is 0 Å². The van der Waals surface area contributed by atoms with E-state index in [0.717, 1.165) is 0 Å². The summed E-state index contributed by atoms with van der Waals surface area (Å²) in [6.45, 7) is 0.0807. The molecule has 0 aliphatic heterocycles. The molecule has 0 spiro atoms. The number of pyridine rings is 1. The predicted molar refractivity (Wildman–Crippen MR) is 72.0 cm³/mol. The van der Waals surface area contributed by atoms with Crippen LogP contribution in [-0.4, -0.2) is 11.6 Å². The molecule has 0 bridgehead atoms. The van der Waals surface area contributed by atoms with Crippen LogP contribution in [-0.2, 0) is 6.54 Å². The molecule has 0 N–H and O–H groups in total. The van der Waals surface area contributed by atoms with Crippen LogP contribution >= 0.6 is 0 Å². The van der Waals surface area contributed by atoms with Gasteiger partial charge in [-0.2, -0.15) is 9.83 Å². The van der Waals surface area contributed by atoms with Crippen LogP contribution in [0.4, 0.5) is 0 Å². The summed E-state index contributed by atoms with van der Waals surface area (Å²) in [5.41, 5.74) is 0.973. The first kappa shape index (κ1) is 13.6. The van der Waals surface area contributed by atoms with E-state index in [4.69, 9.17) is 5.26 Å². The second-order valence-corrected chi connectivity index (χ2v) is 4.26. The summed E-state index contributed by atoms with van der Waals surface area (Å²) >= 11 is 0. The van der Waals surface area contributed by atoms with Crippen LogP contribution in [0, 0.1) is 11.3 Å². The van der Waals surface area contributed by atoms with E-state index in [0.29, 0.717) is 11.3 Å². The van der Waals surface area contributed by atoms with Gasteiger partial charge in [0.1, 0.15) is 6.42 Å². The van der Waals surface area contributed by atoms with Crippen LogP contribution in [0.1, 0.15) is 27.3 Å². The molecule has 0 aliphatic carbocycles. The fourth-order valence-electron chi connectivity index (χ4n) is 1.90. The minimum Gasteiger partial charge on any atom is -0.287 e. The minimum atomic E-state index is -0.283. The monoisotopic (exact) mass is 265 g/mol. The Kier molecular flexibility index (Phi) is 4.35. The highest BCUT2D eigenvalue weighted by Crippen LogP contribution is 2.02. The Bertz CT molecular complexity index is 672. The number of Topliss-reactive ketones (excluding diaryl/α,β-unsaturated/α-hetero) is 2. The first-order valence-electron chi connectivity index (χ1n) is 6.19. The van der Waals surface area contributed by atoms with Gasteiger partial charge in [-0.15, -0.1) is 0 Å². The molecule has 1 aromatic carbocycles. The van der Waals surface area contributed by atoms with Gasteiger partial charge in [-0.25, -0.2) is 0 Å². The average molecular weight is 265 g/mol. The maximum Gasteiger partial charge on any atom is 0.250 e. The molecule has 0 unspecified atom stereocenters. The number of carbonyl (C=O) groups excluding carboxylic acids is 2. The summed E-state index contributed by atoms with van der Waals surface area (Å²) in [6.07, 6.45) is 1.48. The van der Waals surface area contributed by atoms with E-state index in [2.05, 4.69) is 0 Å². The van der Waals surface area contributed by atoms with Crippen molar-refractivity contribution in [2.75, 3.05) is 0 Å². The van der Waals surface area contributed by atoms with Gasteiger partial charge in [-0.3, -0.25) is 9.59 Å². The minimum absolute atomic E-state index is 0.0761. The predicted octanol–water partition coefficient (Wildman–Crippen LogP) is 1.95. The summed E-state index contributed by atoms with van der Waals surface area (Å²) in [7, 11) is 0. The molecule has 0 aliphatic rings. The molecule has 0 saturated carbocycles. The average Bonchev–Trinajstić information content (AvgIpc) is 2.49. The van der Waals surface area contributed by atoms with Crippen molar-refractivity contribution in [3.63, 3.8) is 0 Å². The normalized spacial score (nSPS) is 9.75. The molecule has 0 radical (unpaired) electrons. The number of nitriles is 1. The Morgan fingerprint density at radius 3 is 2.40 bits per heavy atom. The lowest BCUT2D eigenvalue weighted by Crippen LogP contribution is -2.43. The van der Waals surface area contributed by atoms with Crippen LogP contribution in [0.3, 0.4) is 0 Å². The molecule has 1 heterocycles. The van der Waals surface area contributed by atoms with Crippen molar-refractivity contribution in [3.8, 4) is 6.07 Å². The van der Waals surface area contributed by atoms with E-state index >= 15 is 0 Å². The zero-order valence-corrected chi connectivity index (χ0v) is 10.8. The van der Waals surface area contributed by atoms with Gasteiger partial charge >= 0.3 is 0 Å². The number of rotatable bonds is 5. The van der Waals surface area contributed by atoms with Crippen LogP contribution in [0.5, 0.6) is 0 Å². The van der Waals surface area contributed by atoms with Gasteiger partial charge in [0.2, 0.25) is 23.8 Å². The van der Waals surface area contributed by atoms with Crippen LogP contribution < -0.4 is 4.57 Å². The van der Waals surface area contributed by atoms with Gasteiger partial charge in [0, 0.05) is 17.7 Å². The van der Waals surface area contributed by atoms with E-state index in [9.17, 15) is 9.59 Å². The first-order chi connectivity index (χ1) is 9.72. The number of nitrogens with zero attached hydrogens (tertiary/aromatic N) is 2. The molecule has 4 heteroatoms. The van der Waals surface area contributed by atoms with Crippen LogP contribution in [0.15, 0.2) is 54.7 Å². The maximum absolute atomic E-state index is 12.1. The number of hydrogen-bond acceptors (Lipinski definition) is 3. The lowest BCUT2D eigenvalue weighted by Gasteiger charge is -2.01. The molecule has 0 fully saturated rings. The summed E-state index contributed by atoms with van der Waals surface area (Å²) in [4.78, 5) is 24.0. The van der Waals surface area contributed by atoms with Gasteiger partial charge < -0.3 is 0 Å². The van der Waals surface area contributed by atoms with Crippen LogP contribution in [0.2, 0.25) is 0 Å². The van der Waals surface area contributed by atoms with E-state index < -0.39 is 0 Å². The van der Waals surface area contributed by atoms with E-state index in [1.54, 1.807) is 53.2 Å². The lowest BCUT2D eigenvalue weighted by molar-refractivity contribution is -0.685. The molecule has 2 aromatic rings. The molecule has 4 nitrogen and oxygen atoms in total. The van der Waals surface area contributed by atoms with Crippen molar-refractivity contribution >= 4 is 11.6 Å². The van der Waals surface area contributed by atoms with Crippen molar-refractivity contribution in [1.29, 1.82) is 5.26 Å². The van der Waals surface area contributed by atoms with Crippen molar-refractivity contribution in [1.82, 2.24) is 0 Å². The summed E-state index contributed by atoms with van der Waals surface area (Å²) in [6, 6.07) is 15.8. The first-order valence-corrected chi connectivity index (χ1v) is 6.19. The van der Waals surface area contributed by atoms with Gasteiger partial charge in [0.25, 0.3) is 0 Å². The van der Waals surface area contributed by atoms with E-state index in [1.165, 1.54) is 0 Å². The van der Waals surface area contributed by atoms with Gasteiger partial charge in [0.05, 0.1) is 6.07 Å². The fourth-order valence-corrected chi connectivity index (χ4v) is 1.90. The molecule has 0 atom stereocenters. The largest absolute Gasteiger partial charge is 0.287 e. The highest BCUT2D eigenvalue weighted by Gasteiger charge is 2.21. The highest BCUT2D eigenvalue weighted by molar-refractivity contribution is 5.96. The molecule has 0 amide bonds. The van der Waals surface area contributed by atoms with Gasteiger partial charge in [-0.1, -0.05) is 30.3 Å². The maximum atomic E-state index is 12.1. The molecular formula is C16H13N2O2+. The second kappa shape index (κ2) is 6.39. The Morgan fingerprint density at radius 1 is 1.00 bits per heavy atom. The third-order valence-corrected chi connectivity index (χ3v) is 2.88. The highest BCUT2D eigenvalue weighted by atomic mass is 16.1. The van der Waals surface area contributed by atoms with Crippen molar-refractivity contribution in [3.05, 3.63) is 66.0 Å². The zero-order valence-electron chi connectivity index (χ0n) is 10.8. The number of benzene rings is 1. The van der Waals surface area contributed by atoms with Gasteiger partial charge in [0.15, 0.2) is 6.20 Å². The number of carbonyl (C=O) groups is 2. The second-order valence-electron chi connectivity index (χ2n) is 4.26. The van der Waals surface area contributed by atoms with Crippen LogP contribution in [0.25, 0.3) is 0 Å². The third-order valence-electron chi connectivity index (χ3n) is 2.88. The smallest absolute Gasteiger partial charge is 0.250 e. The molecule has 20 heavy (non-hydrogen) atoms. The molecule has 0 saturated heterocycles. The Hall–Kier alpha value is -2.80. The Labute approximate surface area is 116 Å². The van der Waals surface area contributed by atoms with E-state index in [-0.39, 0.29) is 24.5 Å². The Morgan fingerprint density at radius 2 is 1.70 bits per heavy atom. The van der Waals surface area contributed by atoms with Crippen molar-refractivity contribution in [2.45, 2.75) is 13.0 Å². The lowest BCUT2D eigenvalue weighted by atomic mass is 10.1. The standard InChI is InChI=1S/C16H13N2O2/c17-10-9-15(19)14-8-4-5-11-18(14)12-16(20)13-6-2-1-3-7-13/h1-8,11H,9,12H2/q+1. The summed E-state index contributed by atoms with van der Waals surface area (Å²) in [5, 5.41) is 8.60. The third kappa shape index (κ3) is 3.15. The molecule has 98 valence electrons. The number of ketones is 2. The number of hydrogen-bond donors (Lipinski definition) is 0. The van der Waals surface area contributed by atoms with Gasteiger partial charge in [-0.05, 0) is 6.07 Å². The summed E-state index contributed by atoms with van der Waals surface area (Å²) in [5.74, 6) is -0.359. The zero-order chi connectivity index (χ0) is 14.4. The topological polar surface area (TPSA) is 61.8 Å². The number of aromatic nitrogens is 1. The molecule has 1 aromatic heterocycles. The quantitative estimate of drug-likeness (QED) is 0.613. The van der Waals surface area contributed by atoms with Crippen molar-refractivity contribution < 1.29 is 14.2 Å². The summed E-state index contributed by atoms with van der Waals surface area (Å²) < 4.78 is 1.58. The SMILES string of the molecule is N#CCC(=O)c1cccc[n+]1CC(=O)c1ccccc1. The molecule has 2 rings (SSSR count). The van der Waals surface area contributed by atoms with E-state index in [1.807, 2.05) is 12.1 Å². The fraction of sp³-hybridized carbons (Fsp3) is 0.125. The Balaban J connectivity index is 2.24.